The monoisotopic (exact) mass is 557 g/mol. The second kappa shape index (κ2) is 11.5. The van der Waals surface area contributed by atoms with Gasteiger partial charge >= 0.3 is 5.97 Å². The SMILES string of the molecule is CCCc1cc(C(=O)O)ccc1OC(C(=O)NS(=O)(=O)c1ccc(OC)c(OC)c1)c1ccc2c(c1)OCO2. The molecule has 1 aliphatic rings. The second-order valence-electron chi connectivity index (χ2n) is 8.47. The second-order valence-corrected chi connectivity index (χ2v) is 10.2. The number of hydrogen-bond donors (Lipinski definition) is 2. The topological polar surface area (TPSA) is 147 Å². The van der Waals surface area contributed by atoms with Crippen molar-refractivity contribution in [3.63, 3.8) is 0 Å². The normalized spacial score (nSPS) is 12.9. The summed E-state index contributed by atoms with van der Waals surface area (Å²) in [5.74, 6) is -0.529. The Morgan fingerprint density at radius 3 is 2.36 bits per heavy atom. The molecular weight excluding hydrogens is 530 g/mol. The molecule has 0 saturated carbocycles. The van der Waals surface area contributed by atoms with Crippen LogP contribution in [0.25, 0.3) is 0 Å². The van der Waals surface area contributed by atoms with Crippen LogP contribution in [0, 0.1) is 0 Å². The molecule has 3 aromatic rings. The van der Waals surface area contributed by atoms with Gasteiger partial charge in [-0.1, -0.05) is 19.4 Å². The fourth-order valence-corrected chi connectivity index (χ4v) is 5.00. The summed E-state index contributed by atoms with van der Waals surface area (Å²) in [6.45, 7) is 1.91. The van der Waals surface area contributed by atoms with Crippen LogP contribution >= 0.6 is 0 Å². The number of hydrogen-bond acceptors (Lipinski definition) is 9. The van der Waals surface area contributed by atoms with E-state index >= 15 is 0 Å². The van der Waals surface area contributed by atoms with Crippen molar-refractivity contribution in [1.29, 1.82) is 0 Å². The Morgan fingerprint density at radius 2 is 1.67 bits per heavy atom. The first-order valence-electron chi connectivity index (χ1n) is 11.9. The number of benzene rings is 3. The van der Waals surface area contributed by atoms with E-state index in [1.807, 2.05) is 6.92 Å². The van der Waals surface area contributed by atoms with E-state index in [0.717, 1.165) is 0 Å². The van der Waals surface area contributed by atoms with Crippen molar-refractivity contribution in [2.24, 2.45) is 0 Å². The van der Waals surface area contributed by atoms with Crippen molar-refractivity contribution in [1.82, 2.24) is 4.72 Å². The number of fused-ring (bicyclic) bond motifs is 1. The van der Waals surface area contributed by atoms with E-state index in [-0.39, 0.29) is 28.8 Å². The molecule has 0 radical (unpaired) electrons. The van der Waals surface area contributed by atoms with Crippen LogP contribution in [0.15, 0.2) is 59.5 Å². The highest BCUT2D eigenvalue weighted by atomic mass is 32.2. The first-order valence-corrected chi connectivity index (χ1v) is 13.4. The van der Waals surface area contributed by atoms with Gasteiger partial charge in [0.1, 0.15) is 5.75 Å². The molecule has 206 valence electrons. The van der Waals surface area contributed by atoms with Gasteiger partial charge in [0.05, 0.1) is 24.7 Å². The van der Waals surface area contributed by atoms with Crippen molar-refractivity contribution < 1.29 is 46.8 Å². The third-order valence-corrected chi connectivity index (χ3v) is 7.25. The molecule has 4 rings (SSSR count). The third kappa shape index (κ3) is 6.01. The van der Waals surface area contributed by atoms with Gasteiger partial charge in [0.15, 0.2) is 23.0 Å². The van der Waals surface area contributed by atoms with E-state index in [1.165, 1.54) is 56.7 Å². The first kappa shape index (κ1) is 27.6. The number of methoxy groups -OCH3 is 2. The van der Waals surface area contributed by atoms with Gasteiger partial charge in [0, 0.05) is 11.6 Å². The molecule has 1 unspecified atom stereocenters. The molecule has 0 bridgehead atoms. The standard InChI is InChI=1S/C27H27NO10S/c1-4-5-16-12-18(27(30)31)7-9-20(16)38-25(17-6-10-22-24(13-17)37-15-36-22)26(29)28-39(32,33)19-8-11-21(34-2)23(14-19)35-3/h6-14,25H,4-5,15H2,1-3H3,(H,28,29)(H,30,31). The lowest BCUT2D eigenvalue weighted by molar-refractivity contribution is -0.126. The van der Waals surface area contributed by atoms with Crippen molar-refractivity contribution in [2.75, 3.05) is 21.0 Å². The largest absolute Gasteiger partial charge is 0.493 e. The number of amides is 1. The highest BCUT2D eigenvalue weighted by Crippen LogP contribution is 2.36. The molecule has 0 aliphatic carbocycles. The van der Waals surface area contributed by atoms with Gasteiger partial charge in [-0.3, -0.25) is 4.79 Å². The molecule has 1 heterocycles. The number of nitrogens with one attached hydrogen (secondary N) is 1. The van der Waals surface area contributed by atoms with Gasteiger partial charge in [0.2, 0.25) is 12.9 Å². The van der Waals surface area contributed by atoms with E-state index < -0.39 is 28.0 Å². The van der Waals surface area contributed by atoms with Crippen LogP contribution in [0.5, 0.6) is 28.7 Å². The van der Waals surface area contributed by atoms with Gasteiger partial charge in [-0.15, -0.1) is 0 Å². The fourth-order valence-electron chi connectivity index (χ4n) is 4.00. The van der Waals surface area contributed by atoms with Gasteiger partial charge in [-0.25, -0.2) is 17.9 Å². The van der Waals surface area contributed by atoms with Gasteiger partial charge < -0.3 is 28.8 Å². The zero-order valence-electron chi connectivity index (χ0n) is 21.4. The lowest BCUT2D eigenvalue weighted by Gasteiger charge is -2.21. The van der Waals surface area contributed by atoms with Crippen LogP contribution in [0.2, 0.25) is 0 Å². The van der Waals surface area contributed by atoms with Crippen LogP contribution in [-0.4, -0.2) is 46.4 Å². The Labute approximate surface area is 225 Å². The summed E-state index contributed by atoms with van der Waals surface area (Å²) in [7, 11) is -1.59. The van der Waals surface area contributed by atoms with E-state index in [0.29, 0.717) is 41.2 Å². The number of carbonyl (C=O) groups is 2. The summed E-state index contributed by atoms with van der Waals surface area (Å²) in [6, 6.07) is 12.9. The minimum absolute atomic E-state index is 0.00148. The summed E-state index contributed by atoms with van der Waals surface area (Å²) >= 11 is 0. The van der Waals surface area contributed by atoms with Gasteiger partial charge in [-0.2, -0.15) is 0 Å². The number of rotatable bonds is 11. The zero-order valence-corrected chi connectivity index (χ0v) is 22.2. The van der Waals surface area contributed by atoms with E-state index in [2.05, 4.69) is 4.72 Å². The number of ether oxygens (including phenoxy) is 5. The number of sulfonamides is 1. The fraction of sp³-hybridized carbons (Fsp3) is 0.259. The zero-order chi connectivity index (χ0) is 28.2. The van der Waals surface area contributed by atoms with Crippen molar-refractivity contribution in [3.05, 3.63) is 71.3 Å². The minimum Gasteiger partial charge on any atom is -0.493 e. The Kier molecular flexibility index (Phi) is 8.15. The van der Waals surface area contributed by atoms with Crippen LogP contribution in [-0.2, 0) is 21.2 Å². The predicted octanol–water partition coefficient (Wildman–Crippen LogP) is 3.71. The maximum Gasteiger partial charge on any atom is 0.335 e. The molecule has 3 aromatic carbocycles. The van der Waals surface area contributed by atoms with Crippen LogP contribution in [0.4, 0.5) is 0 Å². The minimum atomic E-state index is -4.36. The summed E-state index contributed by atoms with van der Waals surface area (Å²) in [5.41, 5.74) is 0.911. The average molecular weight is 558 g/mol. The molecule has 0 spiro atoms. The smallest absolute Gasteiger partial charge is 0.335 e. The summed E-state index contributed by atoms with van der Waals surface area (Å²) in [6.07, 6.45) is -0.301. The Balaban J connectivity index is 1.71. The van der Waals surface area contributed by atoms with E-state index in [9.17, 15) is 23.1 Å². The number of aryl methyl sites for hydroxylation is 1. The number of carboxylic acids is 1. The average Bonchev–Trinajstić information content (AvgIpc) is 3.39. The number of carbonyl (C=O) groups excluding carboxylic acids is 1. The molecule has 2 N–H and O–H groups in total. The first-order chi connectivity index (χ1) is 18.7. The molecule has 0 aromatic heterocycles. The Morgan fingerprint density at radius 1 is 0.949 bits per heavy atom. The van der Waals surface area contributed by atoms with Crippen molar-refractivity contribution in [3.8, 4) is 28.7 Å². The van der Waals surface area contributed by atoms with Crippen LogP contribution in [0.3, 0.4) is 0 Å². The third-order valence-electron chi connectivity index (χ3n) is 5.91. The van der Waals surface area contributed by atoms with E-state index in [1.54, 1.807) is 12.1 Å². The molecule has 0 fully saturated rings. The summed E-state index contributed by atoms with van der Waals surface area (Å²) in [4.78, 5) is 24.8. The Bertz CT molecular complexity index is 1500. The molecule has 39 heavy (non-hydrogen) atoms. The molecule has 1 atom stereocenters. The van der Waals surface area contributed by atoms with Crippen molar-refractivity contribution in [2.45, 2.75) is 30.8 Å². The molecule has 1 amide bonds. The number of aromatic carboxylic acids is 1. The highest BCUT2D eigenvalue weighted by Gasteiger charge is 2.31. The Hall–Kier alpha value is -4.45. The number of carboxylic acid groups (broad SMARTS) is 1. The maximum atomic E-state index is 13.5. The van der Waals surface area contributed by atoms with Crippen LogP contribution < -0.4 is 28.4 Å². The van der Waals surface area contributed by atoms with Gasteiger partial charge in [0.25, 0.3) is 15.9 Å². The highest BCUT2D eigenvalue weighted by molar-refractivity contribution is 7.90. The summed E-state index contributed by atoms with van der Waals surface area (Å²) in [5, 5.41) is 9.40. The molecule has 11 nitrogen and oxygen atoms in total. The lowest BCUT2D eigenvalue weighted by atomic mass is 10.0. The molecule has 1 aliphatic heterocycles. The van der Waals surface area contributed by atoms with Crippen molar-refractivity contribution >= 4 is 21.9 Å². The molecule has 0 saturated heterocycles. The van der Waals surface area contributed by atoms with Crippen LogP contribution in [0.1, 0.15) is 40.9 Å². The lowest BCUT2D eigenvalue weighted by Crippen LogP contribution is -2.37. The van der Waals surface area contributed by atoms with Gasteiger partial charge in [-0.05, 0) is 54.4 Å². The molecular formula is C27H27NO10S. The van der Waals surface area contributed by atoms with E-state index in [4.69, 9.17) is 23.7 Å². The quantitative estimate of drug-likeness (QED) is 0.358. The maximum absolute atomic E-state index is 13.5. The summed E-state index contributed by atoms with van der Waals surface area (Å²) < 4.78 is 55.6. The predicted molar refractivity (Wildman–Crippen MR) is 138 cm³/mol. The molecule has 12 heteroatoms.